The van der Waals surface area contributed by atoms with Crippen molar-refractivity contribution in [3.05, 3.63) is 29.3 Å². The lowest BCUT2D eigenvalue weighted by Gasteiger charge is -2.19. The molecular weight excluding hydrogens is 312 g/mol. The van der Waals surface area contributed by atoms with Gasteiger partial charge in [-0.3, -0.25) is 0 Å². The minimum atomic E-state index is 0.299. The van der Waals surface area contributed by atoms with Gasteiger partial charge in [-0.15, -0.1) is 11.3 Å². The van der Waals surface area contributed by atoms with E-state index in [4.69, 9.17) is 19.2 Å². The molecule has 0 saturated carbocycles. The van der Waals surface area contributed by atoms with Gasteiger partial charge in [-0.25, -0.2) is 4.98 Å². The van der Waals surface area contributed by atoms with E-state index in [1.807, 2.05) is 18.2 Å². The highest BCUT2D eigenvalue weighted by molar-refractivity contribution is 7.13. The van der Waals surface area contributed by atoms with Crippen molar-refractivity contribution in [3.63, 3.8) is 0 Å². The zero-order chi connectivity index (χ0) is 15.6. The van der Waals surface area contributed by atoms with E-state index in [0.29, 0.717) is 18.9 Å². The Morgan fingerprint density at radius 1 is 1.35 bits per heavy atom. The van der Waals surface area contributed by atoms with Crippen molar-refractivity contribution in [2.24, 2.45) is 0 Å². The lowest BCUT2D eigenvalue weighted by molar-refractivity contribution is 0.0831. The smallest absolute Gasteiger partial charge is 0.231 e. The van der Waals surface area contributed by atoms with Gasteiger partial charge in [-0.05, 0) is 38.0 Å². The fraction of sp³-hybridized carbons (Fsp3) is 0.471. The maximum Gasteiger partial charge on any atom is 0.231 e. The van der Waals surface area contributed by atoms with Crippen molar-refractivity contribution in [1.29, 1.82) is 0 Å². The zero-order valence-corrected chi connectivity index (χ0v) is 13.9. The number of hydrogen-bond acceptors (Lipinski definition) is 6. The maximum absolute atomic E-state index is 5.71. The SMILES string of the molecule is C[C@H](NCc1csc(-c2ccc3c(c2)OCO3)n1)[C@@H]1CCCO1. The van der Waals surface area contributed by atoms with Crippen LogP contribution in [0.1, 0.15) is 25.5 Å². The van der Waals surface area contributed by atoms with Crippen molar-refractivity contribution >= 4 is 11.3 Å². The first-order chi connectivity index (χ1) is 11.3. The molecule has 0 bridgehead atoms. The van der Waals surface area contributed by atoms with Crippen LogP contribution in [0, 0.1) is 0 Å². The number of nitrogens with one attached hydrogen (secondary N) is 1. The van der Waals surface area contributed by atoms with E-state index in [1.165, 1.54) is 6.42 Å². The van der Waals surface area contributed by atoms with Gasteiger partial charge in [-0.2, -0.15) is 0 Å². The molecule has 0 amide bonds. The molecule has 2 aromatic rings. The molecule has 1 N–H and O–H groups in total. The molecule has 0 radical (unpaired) electrons. The van der Waals surface area contributed by atoms with Gasteiger partial charge in [0.15, 0.2) is 11.5 Å². The summed E-state index contributed by atoms with van der Waals surface area (Å²) in [6, 6.07) is 6.32. The molecule has 1 aromatic heterocycles. The molecule has 5 nitrogen and oxygen atoms in total. The van der Waals surface area contributed by atoms with Crippen molar-refractivity contribution < 1.29 is 14.2 Å². The highest BCUT2D eigenvalue weighted by atomic mass is 32.1. The van der Waals surface area contributed by atoms with E-state index in [0.717, 1.165) is 47.3 Å². The minimum Gasteiger partial charge on any atom is -0.454 e. The molecule has 4 rings (SSSR count). The average Bonchev–Trinajstić information content (AvgIpc) is 3.32. The molecule has 1 fully saturated rings. The third kappa shape index (κ3) is 3.20. The third-order valence-electron chi connectivity index (χ3n) is 4.30. The van der Waals surface area contributed by atoms with Crippen LogP contribution in [0.25, 0.3) is 10.6 Å². The molecule has 0 spiro atoms. The molecule has 1 saturated heterocycles. The Bertz CT molecular complexity index is 682. The lowest BCUT2D eigenvalue weighted by Crippen LogP contribution is -2.36. The monoisotopic (exact) mass is 332 g/mol. The van der Waals surface area contributed by atoms with E-state index in [2.05, 4.69) is 17.6 Å². The van der Waals surface area contributed by atoms with Crippen molar-refractivity contribution in [3.8, 4) is 22.1 Å². The number of thiazole rings is 1. The largest absolute Gasteiger partial charge is 0.454 e. The normalized spacial score (nSPS) is 20.8. The highest BCUT2D eigenvalue weighted by Gasteiger charge is 2.22. The number of aromatic nitrogens is 1. The summed E-state index contributed by atoms with van der Waals surface area (Å²) in [7, 11) is 0. The number of rotatable bonds is 5. The third-order valence-corrected chi connectivity index (χ3v) is 5.24. The molecule has 0 unspecified atom stereocenters. The second-order valence-corrected chi connectivity index (χ2v) is 6.79. The van der Waals surface area contributed by atoms with Crippen LogP contribution in [0.15, 0.2) is 23.6 Å². The summed E-state index contributed by atoms with van der Waals surface area (Å²) in [4.78, 5) is 4.72. The van der Waals surface area contributed by atoms with Crippen LogP contribution in [0.2, 0.25) is 0 Å². The summed E-state index contributed by atoms with van der Waals surface area (Å²) in [5.41, 5.74) is 2.13. The predicted octanol–water partition coefficient (Wildman–Crippen LogP) is 3.20. The van der Waals surface area contributed by atoms with Gasteiger partial charge >= 0.3 is 0 Å². The van der Waals surface area contributed by atoms with Gasteiger partial charge < -0.3 is 19.5 Å². The van der Waals surface area contributed by atoms with E-state index in [-0.39, 0.29) is 0 Å². The van der Waals surface area contributed by atoms with E-state index in [9.17, 15) is 0 Å². The summed E-state index contributed by atoms with van der Waals surface area (Å²) in [6.45, 7) is 4.14. The summed E-state index contributed by atoms with van der Waals surface area (Å²) >= 11 is 1.65. The number of nitrogens with zero attached hydrogens (tertiary/aromatic N) is 1. The first-order valence-electron chi connectivity index (χ1n) is 7.99. The average molecular weight is 332 g/mol. The summed E-state index contributed by atoms with van der Waals surface area (Å²) in [5.74, 6) is 1.60. The molecule has 2 atom stereocenters. The number of ether oxygens (including phenoxy) is 3. The fourth-order valence-electron chi connectivity index (χ4n) is 2.94. The van der Waals surface area contributed by atoms with Crippen LogP contribution in [0.3, 0.4) is 0 Å². The molecule has 1 aromatic carbocycles. The van der Waals surface area contributed by atoms with Gasteiger partial charge in [0.05, 0.1) is 11.8 Å². The van der Waals surface area contributed by atoms with Crippen LogP contribution in [-0.2, 0) is 11.3 Å². The molecule has 2 aliphatic heterocycles. The molecule has 0 aliphatic carbocycles. The van der Waals surface area contributed by atoms with Gasteiger partial charge in [0, 0.05) is 30.1 Å². The van der Waals surface area contributed by atoms with Crippen LogP contribution in [-0.4, -0.2) is 30.5 Å². The fourth-order valence-corrected chi connectivity index (χ4v) is 3.76. The highest BCUT2D eigenvalue weighted by Crippen LogP contribution is 2.36. The van der Waals surface area contributed by atoms with E-state index in [1.54, 1.807) is 11.3 Å². The van der Waals surface area contributed by atoms with Crippen LogP contribution < -0.4 is 14.8 Å². The topological polar surface area (TPSA) is 52.6 Å². The Labute approximate surface area is 139 Å². The number of benzene rings is 1. The standard InChI is InChI=1S/C17H20N2O3S/c1-11(14-3-2-6-20-14)18-8-13-9-23-17(19-13)12-4-5-15-16(7-12)22-10-21-15/h4-5,7,9,11,14,18H,2-3,6,8,10H2,1H3/t11-,14-/m0/s1. The summed E-state index contributed by atoms with van der Waals surface area (Å²) < 4.78 is 16.5. The van der Waals surface area contributed by atoms with Gasteiger partial charge in [0.2, 0.25) is 6.79 Å². The Balaban J connectivity index is 1.40. The number of hydrogen-bond donors (Lipinski definition) is 1. The Kier molecular flexibility index (Phi) is 4.20. The first kappa shape index (κ1) is 14.9. The Morgan fingerprint density at radius 3 is 3.13 bits per heavy atom. The van der Waals surface area contributed by atoms with E-state index < -0.39 is 0 Å². The Hall–Kier alpha value is -1.63. The minimum absolute atomic E-state index is 0.299. The molecule has 122 valence electrons. The quantitative estimate of drug-likeness (QED) is 0.911. The zero-order valence-electron chi connectivity index (χ0n) is 13.1. The summed E-state index contributed by atoms with van der Waals surface area (Å²) in [6.07, 6.45) is 2.65. The molecule has 23 heavy (non-hydrogen) atoms. The van der Waals surface area contributed by atoms with E-state index >= 15 is 0 Å². The predicted molar refractivity (Wildman–Crippen MR) is 88.9 cm³/mol. The molecular formula is C17H20N2O3S. The van der Waals surface area contributed by atoms with Crippen molar-refractivity contribution in [2.75, 3.05) is 13.4 Å². The van der Waals surface area contributed by atoms with Crippen LogP contribution in [0.5, 0.6) is 11.5 Å². The van der Waals surface area contributed by atoms with Gasteiger partial charge in [-0.1, -0.05) is 0 Å². The van der Waals surface area contributed by atoms with Crippen molar-refractivity contribution in [2.45, 2.75) is 38.5 Å². The second-order valence-electron chi connectivity index (χ2n) is 5.93. The molecule has 2 aliphatic rings. The maximum atomic E-state index is 5.71. The molecule has 6 heteroatoms. The van der Waals surface area contributed by atoms with Gasteiger partial charge in [0.1, 0.15) is 5.01 Å². The van der Waals surface area contributed by atoms with Crippen LogP contribution >= 0.6 is 11.3 Å². The number of fused-ring (bicyclic) bond motifs is 1. The second kappa shape index (κ2) is 6.47. The Morgan fingerprint density at radius 2 is 2.26 bits per heavy atom. The van der Waals surface area contributed by atoms with Crippen molar-refractivity contribution in [1.82, 2.24) is 10.3 Å². The lowest BCUT2D eigenvalue weighted by atomic mass is 10.1. The molecule has 3 heterocycles. The van der Waals surface area contributed by atoms with Gasteiger partial charge in [0.25, 0.3) is 0 Å². The first-order valence-corrected chi connectivity index (χ1v) is 8.87. The summed E-state index contributed by atoms with van der Waals surface area (Å²) in [5, 5.41) is 6.63. The van der Waals surface area contributed by atoms with Crippen LogP contribution in [0.4, 0.5) is 0 Å².